The number of hydrogen-bond acceptors (Lipinski definition) is 2. The predicted octanol–water partition coefficient (Wildman–Crippen LogP) is 5.49. The number of thiophene rings is 1. The molecule has 0 aliphatic carbocycles. The quantitative estimate of drug-likeness (QED) is 0.463. The van der Waals surface area contributed by atoms with E-state index in [0.717, 1.165) is 16.9 Å². The van der Waals surface area contributed by atoms with Gasteiger partial charge in [0.2, 0.25) is 5.78 Å². The Morgan fingerprint density at radius 2 is 1.75 bits per heavy atom. The molecule has 0 saturated carbocycles. The fraction of sp³-hybridized carbons (Fsp3) is 0.389. The van der Waals surface area contributed by atoms with Crippen LogP contribution >= 0.6 is 11.3 Å². The second-order valence-corrected chi connectivity index (χ2v) is 6.12. The van der Waals surface area contributed by atoms with Gasteiger partial charge in [0, 0.05) is 5.56 Å². The predicted molar refractivity (Wildman–Crippen MR) is 86.7 cm³/mol. The molecule has 0 unspecified atom stereocenters. The van der Waals surface area contributed by atoms with E-state index in [9.17, 15) is 4.79 Å². The minimum Gasteiger partial charge on any atom is -0.288 e. The molecule has 106 valence electrons. The third kappa shape index (κ3) is 4.31. The lowest BCUT2D eigenvalue weighted by atomic mass is 10.0. The van der Waals surface area contributed by atoms with Crippen LogP contribution in [0.1, 0.15) is 59.8 Å². The summed E-state index contributed by atoms with van der Waals surface area (Å²) >= 11 is 1.50. The van der Waals surface area contributed by atoms with Gasteiger partial charge in [0.25, 0.3) is 0 Å². The molecule has 1 heterocycles. The van der Waals surface area contributed by atoms with Crippen LogP contribution in [0.25, 0.3) is 0 Å². The van der Waals surface area contributed by atoms with Gasteiger partial charge in [-0.2, -0.15) is 0 Å². The van der Waals surface area contributed by atoms with Crippen molar-refractivity contribution in [3.63, 3.8) is 0 Å². The van der Waals surface area contributed by atoms with Crippen molar-refractivity contribution in [3.8, 4) is 0 Å². The van der Waals surface area contributed by atoms with E-state index in [4.69, 9.17) is 0 Å². The Kier molecular flexibility index (Phi) is 6.00. The molecule has 1 nitrogen and oxygen atoms in total. The summed E-state index contributed by atoms with van der Waals surface area (Å²) in [5.74, 6) is 0.134. The van der Waals surface area contributed by atoms with E-state index >= 15 is 0 Å². The molecule has 1 aromatic carbocycles. The summed E-state index contributed by atoms with van der Waals surface area (Å²) < 4.78 is 0. The molecule has 1 aromatic heterocycles. The van der Waals surface area contributed by atoms with Crippen LogP contribution in [0, 0.1) is 0 Å². The van der Waals surface area contributed by atoms with Gasteiger partial charge in [0.1, 0.15) is 0 Å². The summed E-state index contributed by atoms with van der Waals surface area (Å²) in [4.78, 5) is 13.0. The molecule has 0 aliphatic rings. The number of rotatable bonds is 8. The fourth-order valence-electron chi connectivity index (χ4n) is 2.31. The monoisotopic (exact) mass is 286 g/mol. The second kappa shape index (κ2) is 8.01. The third-order valence-corrected chi connectivity index (χ3v) is 4.40. The van der Waals surface area contributed by atoms with Crippen LogP contribution in [0.15, 0.2) is 41.8 Å². The van der Waals surface area contributed by atoms with Crippen molar-refractivity contribution in [1.82, 2.24) is 0 Å². The number of benzene rings is 1. The van der Waals surface area contributed by atoms with Crippen molar-refractivity contribution in [3.05, 3.63) is 57.8 Å². The number of ketones is 1. The van der Waals surface area contributed by atoms with Crippen LogP contribution in [0.3, 0.4) is 0 Å². The summed E-state index contributed by atoms with van der Waals surface area (Å²) in [6, 6.07) is 11.9. The standard InChI is InChI=1S/C18H22OS/c1-2-3-4-5-6-8-15-10-12-16(13-11-15)18(19)17-9-7-14-20-17/h7,9-14H,2-6,8H2,1H3. The number of hydrogen-bond donors (Lipinski definition) is 0. The van der Waals surface area contributed by atoms with Crippen molar-refractivity contribution in [2.75, 3.05) is 0 Å². The highest BCUT2D eigenvalue weighted by Crippen LogP contribution is 2.16. The zero-order chi connectivity index (χ0) is 14.2. The lowest BCUT2D eigenvalue weighted by Crippen LogP contribution is -1.98. The highest BCUT2D eigenvalue weighted by Gasteiger charge is 2.09. The van der Waals surface area contributed by atoms with Gasteiger partial charge in [-0.25, -0.2) is 0 Å². The van der Waals surface area contributed by atoms with Gasteiger partial charge in [-0.15, -0.1) is 11.3 Å². The smallest absolute Gasteiger partial charge is 0.202 e. The van der Waals surface area contributed by atoms with Gasteiger partial charge >= 0.3 is 0 Å². The van der Waals surface area contributed by atoms with E-state index in [1.54, 1.807) is 0 Å². The molecule has 0 saturated heterocycles. The van der Waals surface area contributed by atoms with E-state index < -0.39 is 0 Å². The Balaban J connectivity index is 1.85. The maximum Gasteiger partial charge on any atom is 0.202 e. The first-order valence-corrected chi connectivity index (χ1v) is 8.36. The van der Waals surface area contributed by atoms with E-state index in [1.165, 1.54) is 49.0 Å². The molecule has 0 radical (unpaired) electrons. The van der Waals surface area contributed by atoms with Gasteiger partial charge in [-0.1, -0.05) is 62.9 Å². The normalized spacial score (nSPS) is 10.7. The van der Waals surface area contributed by atoms with E-state index in [1.807, 2.05) is 29.6 Å². The minimum atomic E-state index is 0.134. The van der Waals surface area contributed by atoms with Gasteiger partial charge in [0.05, 0.1) is 4.88 Å². The van der Waals surface area contributed by atoms with Gasteiger partial charge in [0.15, 0.2) is 0 Å². The molecule has 2 rings (SSSR count). The number of unbranched alkanes of at least 4 members (excludes halogenated alkanes) is 4. The molecule has 0 spiro atoms. The largest absolute Gasteiger partial charge is 0.288 e. The highest BCUT2D eigenvalue weighted by atomic mass is 32.1. The topological polar surface area (TPSA) is 17.1 Å². The highest BCUT2D eigenvalue weighted by molar-refractivity contribution is 7.12. The summed E-state index contributed by atoms with van der Waals surface area (Å²) in [6.45, 7) is 2.24. The molecule has 20 heavy (non-hydrogen) atoms. The van der Waals surface area contributed by atoms with Crippen molar-refractivity contribution < 1.29 is 4.79 Å². The van der Waals surface area contributed by atoms with Crippen molar-refractivity contribution in [1.29, 1.82) is 0 Å². The van der Waals surface area contributed by atoms with Crippen LogP contribution in [-0.4, -0.2) is 5.78 Å². The molecule has 0 atom stereocenters. The van der Waals surface area contributed by atoms with Crippen LogP contribution < -0.4 is 0 Å². The SMILES string of the molecule is CCCCCCCc1ccc(C(=O)c2cccs2)cc1. The number of carbonyl (C=O) groups is 1. The summed E-state index contributed by atoms with van der Waals surface area (Å²) in [7, 11) is 0. The van der Waals surface area contributed by atoms with Gasteiger partial charge < -0.3 is 0 Å². The Morgan fingerprint density at radius 1 is 1.00 bits per heavy atom. The fourth-order valence-corrected chi connectivity index (χ4v) is 2.99. The summed E-state index contributed by atoms with van der Waals surface area (Å²) in [6.07, 6.45) is 7.65. The Labute approximate surface area is 125 Å². The van der Waals surface area contributed by atoms with Crippen LogP contribution in [-0.2, 0) is 6.42 Å². The molecular formula is C18H22OS. The molecule has 0 bridgehead atoms. The maximum absolute atomic E-state index is 12.2. The van der Waals surface area contributed by atoms with E-state index in [0.29, 0.717) is 0 Å². The lowest BCUT2D eigenvalue weighted by molar-refractivity contribution is 0.104. The van der Waals surface area contributed by atoms with Crippen molar-refractivity contribution in [2.45, 2.75) is 45.4 Å². The molecule has 0 aliphatic heterocycles. The molecule has 2 aromatic rings. The molecule has 0 fully saturated rings. The molecule has 0 N–H and O–H groups in total. The summed E-state index contributed by atoms with van der Waals surface area (Å²) in [5.41, 5.74) is 2.13. The second-order valence-electron chi connectivity index (χ2n) is 5.17. The number of aryl methyl sites for hydroxylation is 1. The van der Waals surface area contributed by atoms with Crippen molar-refractivity contribution >= 4 is 17.1 Å². The first kappa shape index (κ1) is 15.0. The van der Waals surface area contributed by atoms with Crippen LogP contribution in [0.4, 0.5) is 0 Å². The third-order valence-electron chi connectivity index (χ3n) is 3.53. The average Bonchev–Trinajstić information content (AvgIpc) is 3.01. The minimum absolute atomic E-state index is 0.134. The van der Waals surface area contributed by atoms with Crippen LogP contribution in [0.2, 0.25) is 0 Å². The first-order chi connectivity index (χ1) is 9.81. The van der Waals surface area contributed by atoms with Gasteiger partial charge in [-0.3, -0.25) is 4.79 Å². The van der Waals surface area contributed by atoms with Crippen molar-refractivity contribution in [2.24, 2.45) is 0 Å². The Bertz CT molecular complexity index is 511. The Hall–Kier alpha value is -1.41. The Morgan fingerprint density at radius 3 is 2.40 bits per heavy atom. The lowest BCUT2D eigenvalue weighted by Gasteiger charge is -2.03. The van der Waals surface area contributed by atoms with E-state index in [2.05, 4.69) is 19.1 Å². The molecule has 0 amide bonds. The van der Waals surface area contributed by atoms with E-state index in [-0.39, 0.29) is 5.78 Å². The summed E-state index contributed by atoms with van der Waals surface area (Å²) in [5, 5.41) is 1.94. The molecular weight excluding hydrogens is 264 g/mol. The zero-order valence-electron chi connectivity index (χ0n) is 12.1. The molecule has 2 heteroatoms. The van der Waals surface area contributed by atoms with Gasteiger partial charge in [-0.05, 0) is 29.9 Å². The maximum atomic E-state index is 12.2. The average molecular weight is 286 g/mol. The first-order valence-electron chi connectivity index (χ1n) is 7.48. The van der Waals surface area contributed by atoms with Crippen LogP contribution in [0.5, 0.6) is 0 Å². The zero-order valence-corrected chi connectivity index (χ0v) is 12.9. The number of carbonyl (C=O) groups excluding carboxylic acids is 1.